The van der Waals surface area contributed by atoms with E-state index in [4.69, 9.17) is 0 Å². The molecule has 0 bridgehead atoms. The molecule has 4 nitrogen and oxygen atoms in total. The highest BCUT2D eigenvalue weighted by Crippen LogP contribution is 2.30. The molecule has 2 heterocycles. The summed E-state index contributed by atoms with van der Waals surface area (Å²) in [5, 5.41) is 6.35. The monoisotopic (exact) mass is 253 g/mol. The van der Waals surface area contributed by atoms with E-state index in [1.54, 1.807) is 12.4 Å². The van der Waals surface area contributed by atoms with Gasteiger partial charge in [-0.2, -0.15) is 0 Å². The van der Waals surface area contributed by atoms with Crippen molar-refractivity contribution in [2.24, 2.45) is 0 Å². The lowest BCUT2D eigenvalue weighted by Crippen LogP contribution is -2.21. The van der Waals surface area contributed by atoms with E-state index in [0.29, 0.717) is 6.42 Å². The number of carbonyl (C=O) groups excluding carboxylic acids is 1. The van der Waals surface area contributed by atoms with Crippen LogP contribution in [-0.4, -0.2) is 10.9 Å². The predicted molar refractivity (Wildman–Crippen MR) is 74.9 cm³/mol. The molecule has 19 heavy (non-hydrogen) atoms. The lowest BCUT2D eigenvalue weighted by atomic mass is 10.0. The molecule has 2 aromatic rings. The molecule has 0 fully saturated rings. The zero-order valence-corrected chi connectivity index (χ0v) is 10.5. The maximum absolute atomic E-state index is 11.8. The van der Waals surface area contributed by atoms with Crippen LogP contribution in [0.1, 0.15) is 24.4 Å². The summed E-state index contributed by atoms with van der Waals surface area (Å²) in [5.74, 6) is 0.0386. The Labute approximate surface area is 111 Å². The van der Waals surface area contributed by atoms with E-state index in [1.807, 2.05) is 24.3 Å². The molecule has 0 radical (unpaired) electrons. The number of pyridine rings is 1. The largest absolute Gasteiger partial charge is 0.376 e. The van der Waals surface area contributed by atoms with E-state index in [0.717, 1.165) is 17.8 Å². The fraction of sp³-hybridized carbons (Fsp3) is 0.200. The molecule has 96 valence electrons. The van der Waals surface area contributed by atoms with Crippen molar-refractivity contribution >= 4 is 17.3 Å². The SMILES string of the molecule is O=C1CCC(c2ccccc2)Nc2ccncc2N1. The van der Waals surface area contributed by atoms with Crippen LogP contribution in [0, 0.1) is 0 Å². The maximum atomic E-state index is 11.8. The van der Waals surface area contributed by atoms with Crippen molar-refractivity contribution in [3.63, 3.8) is 0 Å². The van der Waals surface area contributed by atoms with E-state index in [-0.39, 0.29) is 11.9 Å². The van der Waals surface area contributed by atoms with Crippen LogP contribution in [0.3, 0.4) is 0 Å². The molecule has 1 aromatic carbocycles. The van der Waals surface area contributed by atoms with Gasteiger partial charge in [-0.1, -0.05) is 30.3 Å². The number of carbonyl (C=O) groups is 1. The van der Waals surface area contributed by atoms with Gasteiger partial charge < -0.3 is 10.6 Å². The number of anilines is 2. The summed E-state index contributed by atoms with van der Waals surface area (Å²) in [4.78, 5) is 15.9. The Morgan fingerprint density at radius 3 is 2.79 bits per heavy atom. The average Bonchev–Trinajstić information content (AvgIpc) is 2.44. The molecule has 1 amide bonds. The molecular formula is C15H15N3O. The second-order valence-corrected chi connectivity index (χ2v) is 4.62. The standard InChI is InChI=1S/C15H15N3O/c19-15-7-6-12(11-4-2-1-3-5-11)17-13-8-9-16-10-14(13)18-15/h1-5,8-10,12,17H,6-7H2,(H,18,19). The first-order valence-corrected chi connectivity index (χ1v) is 6.38. The summed E-state index contributed by atoms with van der Waals surface area (Å²) in [7, 11) is 0. The third-order valence-corrected chi connectivity index (χ3v) is 3.29. The van der Waals surface area contributed by atoms with Gasteiger partial charge in [-0.05, 0) is 18.1 Å². The van der Waals surface area contributed by atoms with Gasteiger partial charge in [0.1, 0.15) is 0 Å². The van der Waals surface area contributed by atoms with Gasteiger partial charge in [-0.15, -0.1) is 0 Å². The van der Waals surface area contributed by atoms with Crippen LogP contribution in [0.5, 0.6) is 0 Å². The number of fused-ring (bicyclic) bond motifs is 1. The first kappa shape index (κ1) is 11.7. The van der Waals surface area contributed by atoms with Crippen LogP contribution < -0.4 is 10.6 Å². The smallest absolute Gasteiger partial charge is 0.224 e. The van der Waals surface area contributed by atoms with Crippen LogP contribution in [0.2, 0.25) is 0 Å². The van der Waals surface area contributed by atoms with E-state index in [9.17, 15) is 4.79 Å². The van der Waals surface area contributed by atoms with Gasteiger partial charge >= 0.3 is 0 Å². The molecule has 0 saturated heterocycles. The minimum atomic E-state index is 0.0386. The van der Waals surface area contributed by atoms with Crippen LogP contribution in [-0.2, 0) is 4.79 Å². The zero-order valence-electron chi connectivity index (χ0n) is 10.5. The fourth-order valence-corrected chi connectivity index (χ4v) is 2.30. The van der Waals surface area contributed by atoms with Crippen LogP contribution in [0.25, 0.3) is 0 Å². The molecule has 0 saturated carbocycles. The number of aromatic nitrogens is 1. The lowest BCUT2D eigenvalue weighted by Gasteiger charge is -2.24. The normalized spacial score (nSPS) is 18.5. The van der Waals surface area contributed by atoms with Gasteiger partial charge in [-0.25, -0.2) is 0 Å². The number of benzene rings is 1. The van der Waals surface area contributed by atoms with Gasteiger partial charge in [0, 0.05) is 12.6 Å². The number of amides is 1. The number of nitrogens with one attached hydrogen (secondary N) is 2. The molecule has 2 N–H and O–H groups in total. The summed E-state index contributed by atoms with van der Waals surface area (Å²) in [6.45, 7) is 0. The minimum Gasteiger partial charge on any atom is -0.376 e. The molecule has 1 unspecified atom stereocenters. The third kappa shape index (κ3) is 2.57. The Balaban J connectivity index is 1.95. The average molecular weight is 253 g/mol. The van der Waals surface area contributed by atoms with Crippen molar-refractivity contribution in [1.29, 1.82) is 0 Å². The quantitative estimate of drug-likeness (QED) is 0.821. The Morgan fingerprint density at radius 1 is 1.11 bits per heavy atom. The maximum Gasteiger partial charge on any atom is 0.224 e. The predicted octanol–water partition coefficient (Wildman–Crippen LogP) is 2.97. The second-order valence-electron chi connectivity index (χ2n) is 4.62. The molecule has 1 aliphatic rings. The summed E-state index contributed by atoms with van der Waals surface area (Å²) >= 11 is 0. The lowest BCUT2D eigenvalue weighted by molar-refractivity contribution is -0.116. The first-order valence-electron chi connectivity index (χ1n) is 6.38. The summed E-state index contributed by atoms with van der Waals surface area (Å²) in [6.07, 6.45) is 4.67. The Morgan fingerprint density at radius 2 is 1.95 bits per heavy atom. The number of hydrogen-bond donors (Lipinski definition) is 2. The van der Waals surface area contributed by atoms with Gasteiger partial charge in [0.05, 0.1) is 23.6 Å². The summed E-state index contributed by atoms with van der Waals surface area (Å²) in [6, 6.07) is 12.2. The summed E-state index contributed by atoms with van der Waals surface area (Å²) in [5.41, 5.74) is 2.85. The molecule has 1 aromatic heterocycles. The first-order chi connectivity index (χ1) is 9.33. The molecule has 1 aliphatic heterocycles. The Hall–Kier alpha value is -2.36. The van der Waals surface area contributed by atoms with E-state index in [1.165, 1.54) is 5.56 Å². The van der Waals surface area contributed by atoms with E-state index >= 15 is 0 Å². The van der Waals surface area contributed by atoms with Crippen LogP contribution >= 0.6 is 0 Å². The van der Waals surface area contributed by atoms with Crippen molar-refractivity contribution in [2.45, 2.75) is 18.9 Å². The van der Waals surface area contributed by atoms with E-state index in [2.05, 4.69) is 27.8 Å². The van der Waals surface area contributed by atoms with Crippen molar-refractivity contribution in [1.82, 2.24) is 4.98 Å². The van der Waals surface area contributed by atoms with E-state index < -0.39 is 0 Å². The highest BCUT2D eigenvalue weighted by atomic mass is 16.1. The molecule has 3 rings (SSSR count). The molecule has 0 aliphatic carbocycles. The fourth-order valence-electron chi connectivity index (χ4n) is 2.30. The summed E-state index contributed by atoms with van der Waals surface area (Å²) < 4.78 is 0. The van der Waals surface area contributed by atoms with Crippen molar-refractivity contribution < 1.29 is 4.79 Å². The van der Waals surface area contributed by atoms with Crippen LogP contribution in [0.15, 0.2) is 48.8 Å². The molecule has 0 spiro atoms. The van der Waals surface area contributed by atoms with Crippen LogP contribution in [0.4, 0.5) is 11.4 Å². The van der Waals surface area contributed by atoms with Gasteiger partial charge in [0.2, 0.25) is 5.91 Å². The van der Waals surface area contributed by atoms with Crippen molar-refractivity contribution in [3.8, 4) is 0 Å². The Bertz CT molecular complexity index is 583. The highest BCUT2D eigenvalue weighted by molar-refractivity contribution is 5.94. The number of hydrogen-bond acceptors (Lipinski definition) is 3. The van der Waals surface area contributed by atoms with Gasteiger partial charge in [0.15, 0.2) is 0 Å². The second kappa shape index (κ2) is 5.10. The van der Waals surface area contributed by atoms with Gasteiger partial charge in [-0.3, -0.25) is 9.78 Å². The molecular weight excluding hydrogens is 238 g/mol. The van der Waals surface area contributed by atoms with Crippen molar-refractivity contribution in [3.05, 3.63) is 54.4 Å². The Kier molecular flexibility index (Phi) is 3.14. The minimum absolute atomic E-state index is 0.0386. The third-order valence-electron chi connectivity index (χ3n) is 3.29. The topological polar surface area (TPSA) is 54.0 Å². The molecule has 1 atom stereocenters. The zero-order chi connectivity index (χ0) is 13.1. The number of nitrogens with zero attached hydrogens (tertiary/aromatic N) is 1. The van der Waals surface area contributed by atoms with Gasteiger partial charge in [0.25, 0.3) is 0 Å². The molecule has 4 heteroatoms. The number of rotatable bonds is 1. The van der Waals surface area contributed by atoms with Crippen molar-refractivity contribution in [2.75, 3.05) is 10.6 Å². The highest BCUT2D eigenvalue weighted by Gasteiger charge is 2.18.